The smallest absolute Gasteiger partial charge is 0.397 e. The standard InChI is InChI=1S/C9H12F3NO3/c10-9(11,12)5-7(14)13-4-2-1-3-6(13)8(15)16/h6H,1-5H2,(H,15,16)/t6-/m1/s1. The van der Waals surface area contributed by atoms with E-state index in [1.165, 1.54) is 0 Å². The van der Waals surface area contributed by atoms with Crippen molar-refractivity contribution < 1.29 is 27.9 Å². The molecule has 0 aromatic carbocycles. The van der Waals surface area contributed by atoms with Crippen LogP contribution in [0.1, 0.15) is 25.7 Å². The fraction of sp³-hybridized carbons (Fsp3) is 0.778. The van der Waals surface area contributed by atoms with Crippen LogP contribution in [-0.2, 0) is 9.59 Å². The van der Waals surface area contributed by atoms with Crippen molar-refractivity contribution >= 4 is 11.9 Å². The van der Waals surface area contributed by atoms with Crippen LogP contribution in [0.25, 0.3) is 0 Å². The van der Waals surface area contributed by atoms with Crippen molar-refractivity contribution in [2.45, 2.75) is 37.9 Å². The Balaban J connectivity index is 2.68. The molecule has 1 rings (SSSR count). The SMILES string of the molecule is O=C(O)[C@H]1CCCCN1C(=O)CC(F)(F)F. The molecule has 4 nitrogen and oxygen atoms in total. The van der Waals surface area contributed by atoms with Crippen LogP contribution >= 0.6 is 0 Å². The van der Waals surface area contributed by atoms with Crippen LogP contribution in [0.5, 0.6) is 0 Å². The number of hydrogen-bond acceptors (Lipinski definition) is 2. The second kappa shape index (κ2) is 4.71. The Morgan fingerprint density at radius 1 is 1.31 bits per heavy atom. The zero-order valence-electron chi connectivity index (χ0n) is 8.46. The first-order valence-electron chi connectivity index (χ1n) is 4.90. The van der Waals surface area contributed by atoms with E-state index in [1.54, 1.807) is 0 Å². The lowest BCUT2D eigenvalue weighted by Crippen LogP contribution is -2.48. The number of nitrogens with zero attached hydrogens (tertiary/aromatic N) is 1. The lowest BCUT2D eigenvalue weighted by Gasteiger charge is -2.33. The van der Waals surface area contributed by atoms with Gasteiger partial charge in [0.1, 0.15) is 12.5 Å². The minimum Gasteiger partial charge on any atom is -0.480 e. The topological polar surface area (TPSA) is 57.6 Å². The molecule has 0 aliphatic carbocycles. The van der Waals surface area contributed by atoms with Gasteiger partial charge in [-0.25, -0.2) is 4.79 Å². The molecule has 16 heavy (non-hydrogen) atoms. The van der Waals surface area contributed by atoms with Crippen molar-refractivity contribution in [3.63, 3.8) is 0 Å². The molecule has 0 radical (unpaired) electrons. The van der Waals surface area contributed by atoms with Crippen LogP contribution in [0.4, 0.5) is 13.2 Å². The van der Waals surface area contributed by atoms with Gasteiger partial charge in [-0.05, 0) is 19.3 Å². The number of halogens is 3. The van der Waals surface area contributed by atoms with Crippen LogP contribution in [0.15, 0.2) is 0 Å². The molecular formula is C9H12F3NO3. The van der Waals surface area contributed by atoms with Gasteiger partial charge < -0.3 is 10.0 Å². The summed E-state index contributed by atoms with van der Waals surface area (Å²) in [4.78, 5) is 22.8. The average Bonchev–Trinajstić information content (AvgIpc) is 2.15. The second-order valence-electron chi connectivity index (χ2n) is 3.73. The molecule has 1 amide bonds. The summed E-state index contributed by atoms with van der Waals surface area (Å²) in [6.07, 6.45) is -4.78. The van der Waals surface area contributed by atoms with Gasteiger partial charge in [0.25, 0.3) is 0 Å². The van der Waals surface area contributed by atoms with E-state index in [-0.39, 0.29) is 13.0 Å². The first-order chi connectivity index (χ1) is 7.31. The predicted octanol–water partition coefficient (Wildman–Crippen LogP) is 1.40. The number of amides is 1. The van der Waals surface area contributed by atoms with Gasteiger partial charge in [0.2, 0.25) is 5.91 Å². The quantitative estimate of drug-likeness (QED) is 0.792. The van der Waals surface area contributed by atoms with E-state index in [1.807, 2.05) is 0 Å². The molecule has 1 N–H and O–H groups in total. The Labute approximate surface area is 90.0 Å². The van der Waals surface area contributed by atoms with Crippen LogP contribution in [0.2, 0.25) is 0 Å². The van der Waals surface area contributed by atoms with E-state index >= 15 is 0 Å². The third-order valence-electron chi connectivity index (χ3n) is 2.46. The lowest BCUT2D eigenvalue weighted by molar-refractivity contribution is -0.168. The van der Waals surface area contributed by atoms with Crippen LogP contribution < -0.4 is 0 Å². The van der Waals surface area contributed by atoms with Crippen LogP contribution in [-0.4, -0.2) is 40.6 Å². The highest BCUT2D eigenvalue weighted by molar-refractivity contribution is 5.84. The van der Waals surface area contributed by atoms with Crippen molar-refractivity contribution in [3.8, 4) is 0 Å². The van der Waals surface area contributed by atoms with E-state index in [2.05, 4.69) is 0 Å². The van der Waals surface area contributed by atoms with E-state index < -0.39 is 30.5 Å². The first-order valence-corrected chi connectivity index (χ1v) is 4.90. The summed E-state index contributed by atoms with van der Waals surface area (Å²) in [5.74, 6) is -2.39. The predicted molar refractivity (Wildman–Crippen MR) is 47.7 cm³/mol. The molecule has 1 aliphatic heterocycles. The van der Waals surface area contributed by atoms with Crippen LogP contribution in [0, 0.1) is 0 Å². The minimum atomic E-state index is -4.59. The van der Waals surface area contributed by atoms with Crippen molar-refractivity contribution in [1.29, 1.82) is 0 Å². The van der Waals surface area contributed by atoms with Gasteiger partial charge in [0, 0.05) is 6.54 Å². The number of piperidine rings is 1. The fourth-order valence-electron chi connectivity index (χ4n) is 1.76. The monoisotopic (exact) mass is 239 g/mol. The highest BCUT2D eigenvalue weighted by Crippen LogP contribution is 2.24. The summed E-state index contributed by atoms with van der Waals surface area (Å²) in [5.41, 5.74) is 0. The molecule has 1 heterocycles. The van der Waals surface area contributed by atoms with E-state index in [0.717, 1.165) is 4.90 Å². The number of carboxylic acid groups (broad SMARTS) is 1. The zero-order chi connectivity index (χ0) is 12.3. The van der Waals surface area contributed by atoms with E-state index in [4.69, 9.17) is 5.11 Å². The number of carbonyl (C=O) groups excluding carboxylic acids is 1. The molecule has 0 bridgehead atoms. The summed E-state index contributed by atoms with van der Waals surface area (Å²) in [6, 6.07) is -1.11. The highest BCUT2D eigenvalue weighted by Gasteiger charge is 2.38. The van der Waals surface area contributed by atoms with Gasteiger partial charge in [-0.15, -0.1) is 0 Å². The van der Waals surface area contributed by atoms with Crippen LogP contribution in [0.3, 0.4) is 0 Å². The Kier molecular flexibility index (Phi) is 3.77. The molecule has 1 fully saturated rings. The van der Waals surface area contributed by atoms with Gasteiger partial charge in [-0.2, -0.15) is 13.2 Å². The van der Waals surface area contributed by atoms with E-state index in [9.17, 15) is 22.8 Å². The fourth-order valence-corrected chi connectivity index (χ4v) is 1.76. The highest BCUT2D eigenvalue weighted by atomic mass is 19.4. The minimum absolute atomic E-state index is 0.0892. The summed E-state index contributed by atoms with van der Waals surface area (Å²) in [5, 5.41) is 8.78. The Morgan fingerprint density at radius 2 is 1.94 bits per heavy atom. The number of alkyl halides is 3. The maximum Gasteiger partial charge on any atom is 0.397 e. The number of carboxylic acids is 1. The largest absolute Gasteiger partial charge is 0.480 e. The van der Waals surface area contributed by atoms with E-state index in [0.29, 0.717) is 12.8 Å². The lowest BCUT2D eigenvalue weighted by atomic mass is 10.0. The second-order valence-corrected chi connectivity index (χ2v) is 3.73. The summed E-state index contributed by atoms with van der Waals surface area (Å²) < 4.78 is 36.0. The zero-order valence-corrected chi connectivity index (χ0v) is 8.46. The molecule has 0 saturated carbocycles. The molecule has 0 unspecified atom stereocenters. The number of carbonyl (C=O) groups is 2. The number of aliphatic carboxylic acids is 1. The van der Waals surface area contributed by atoms with Gasteiger partial charge in [0.05, 0.1) is 0 Å². The van der Waals surface area contributed by atoms with Crippen molar-refractivity contribution in [2.75, 3.05) is 6.54 Å². The summed E-state index contributed by atoms with van der Waals surface area (Å²) >= 11 is 0. The summed E-state index contributed by atoms with van der Waals surface area (Å²) in [7, 11) is 0. The first kappa shape index (κ1) is 12.8. The maximum atomic E-state index is 12.0. The average molecular weight is 239 g/mol. The molecule has 0 aromatic heterocycles. The molecule has 1 atom stereocenters. The Bertz CT molecular complexity index is 290. The van der Waals surface area contributed by atoms with Gasteiger partial charge >= 0.3 is 12.1 Å². The molecular weight excluding hydrogens is 227 g/mol. The number of rotatable bonds is 2. The molecule has 1 aliphatic rings. The number of hydrogen-bond donors (Lipinski definition) is 1. The third kappa shape index (κ3) is 3.39. The maximum absolute atomic E-state index is 12.0. The summed E-state index contributed by atoms with van der Waals surface area (Å²) in [6.45, 7) is 0.0892. The van der Waals surface area contributed by atoms with Gasteiger partial charge in [-0.1, -0.05) is 0 Å². The molecule has 0 aromatic rings. The van der Waals surface area contributed by atoms with Crippen molar-refractivity contribution in [2.24, 2.45) is 0 Å². The van der Waals surface area contributed by atoms with Crippen molar-refractivity contribution in [1.82, 2.24) is 4.90 Å². The molecule has 7 heteroatoms. The molecule has 1 saturated heterocycles. The molecule has 92 valence electrons. The van der Waals surface area contributed by atoms with Gasteiger partial charge in [0.15, 0.2) is 0 Å². The Hall–Kier alpha value is -1.27. The van der Waals surface area contributed by atoms with Gasteiger partial charge in [-0.3, -0.25) is 4.79 Å². The normalized spacial score (nSPS) is 21.9. The third-order valence-corrected chi connectivity index (χ3v) is 2.46. The van der Waals surface area contributed by atoms with Crippen molar-refractivity contribution in [3.05, 3.63) is 0 Å². The number of likely N-dealkylation sites (tertiary alicyclic amines) is 1. The molecule has 0 spiro atoms. The Morgan fingerprint density at radius 3 is 2.44 bits per heavy atom.